The molecule has 1 unspecified atom stereocenters. The summed E-state index contributed by atoms with van der Waals surface area (Å²) < 4.78 is 5.46. The van der Waals surface area contributed by atoms with Gasteiger partial charge in [0.2, 0.25) is 5.91 Å². The molecule has 4 nitrogen and oxygen atoms in total. The molecule has 2 rings (SSSR count). The molecule has 1 amide bonds. The Morgan fingerprint density at radius 1 is 1.41 bits per heavy atom. The molecule has 1 aromatic rings. The lowest BCUT2D eigenvalue weighted by Crippen LogP contribution is -2.41. The standard InChI is InChI=1S/C16H24N2O2S.ClH/c1-2-20-11-14-6-4-3-5-13(14)10-18-16(19)9-15-12-21-8-7-17-15;/h3-6,15,17H,2,7-12H2,1H3,(H,18,19);1H. The first-order valence-corrected chi connectivity index (χ1v) is 8.67. The van der Waals surface area contributed by atoms with Crippen molar-refractivity contribution in [3.8, 4) is 0 Å². The van der Waals surface area contributed by atoms with Crippen LogP contribution in [0.3, 0.4) is 0 Å². The lowest BCUT2D eigenvalue weighted by molar-refractivity contribution is -0.121. The molecule has 0 bridgehead atoms. The minimum atomic E-state index is 0. The molecule has 1 atom stereocenters. The van der Waals surface area contributed by atoms with E-state index in [0.717, 1.165) is 29.2 Å². The van der Waals surface area contributed by atoms with E-state index in [4.69, 9.17) is 4.74 Å². The molecule has 1 aliphatic rings. The van der Waals surface area contributed by atoms with Crippen molar-refractivity contribution in [2.45, 2.75) is 32.5 Å². The van der Waals surface area contributed by atoms with Gasteiger partial charge in [-0.15, -0.1) is 12.4 Å². The van der Waals surface area contributed by atoms with Crippen LogP contribution < -0.4 is 10.6 Å². The molecule has 6 heteroatoms. The SMILES string of the molecule is CCOCc1ccccc1CNC(=O)CC1CSCCN1.Cl. The van der Waals surface area contributed by atoms with Crippen LogP contribution in [0, 0.1) is 0 Å². The Morgan fingerprint density at radius 3 is 2.86 bits per heavy atom. The van der Waals surface area contributed by atoms with Gasteiger partial charge in [-0.1, -0.05) is 24.3 Å². The van der Waals surface area contributed by atoms with Crippen molar-refractivity contribution >= 4 is 30.1 Å². The maximum Gasteiger partial charge on any atom is 0.221 e. The zero-order valence-corrected chi connectivity index (χ0v) is 14.6. The third-order valence-corrected chi connectivity index (χ3v) is 4.62. The molecule has 2 N–H and O–H groups in total. The van der Waals surface area contributed by atoms with Gasteiger partial charge < -0.3 is 15.4 Å². The summed E-state index contributed by atoms with van der Waals surface area (Å²) >= 11 is 1.91. The summed E-state index contributed by atoms with van der Waals surface area (Å²) in [5.74, 6) is 2.28. The van der Waals surface area contributed by atoms with E-state index in [0.29, 0.717) is 32.2 Å². The second kappa shape index (κ2) is 10.9. The molecule has 22 heavy (non-hydrogen) atoms. The third-order valence-electron chi connectivity index (χ3n) is 3.49. The fourth-order valence-electron chi connectivity index (χ4n) is 2.32. The monoisotopic (exact) mass is 344 g/mol. The molecule has 1 saturated heterocycles. The van der Waals surface area contributed by atoms with Crippen LogP contribution in [-0.2, 0) is 22.7 Å². The van der Waals surface area contributed by atoms with Crippen LogP contribution in [0.2, 0.25) is 0 Å². The summed E-state index contributed by atoms with van der Waals surface area (Å²) in [7, 11) is 0. The first-order chi connectivity index (χ1) is 10.3. The van der Waals surface area contributed by atoms with Gasteiger partial charge in [0.1, 0.15) is 0 Å². The topological polar surface area (TPSA) is 50.4 Å². The summed E-state index contributed by atoms with van der Waals surface area (Å²) in [4.78, 5) is 12.0. The molecular weight excluding hydrogens is 320 g/mol. The molecule has 0 spiro atoms. The predicted octanol–water partition coefficient (Wildman–Crippen LogP) is 2.36. The molecule has 1 aliphatic heterocycles. The van der Waals surface area contributed by atoms with Gasteiger partial charge in [0.05, 0.1) is 6.61 Å². The molecule has 1 aromatic carbocycles. The Morgan fingerprint density at radius 2 is 2.18 bits per heavy atom. The van der Waals surface area contributed by atoms with Crippen molar-refractivity contribution in [3.63, 3.8) is 0 Å². The van der Waals surface area contributed by atoms with Crippen molar-refractivity contribution < 1.29 is 9.53 Å². The van der Waals surface area contributed by atoms with Crippen LogP contribution in [0.15, 0.2) is 24.3 Å². The Balaban J connectivity index is 0.00000242. The molecule has 0 saturated carbocycles. The number of carbonyl (C=O) groups excluding carboxylic acids is 1. The summed E-state index contributed by atoms with van der Waals surface area (Å²) in [6, 6.07) is 8.40. The smallest absolute Gasteiger partial charge is 0.221 e. The number of amides is 1. The van der Waals surface area contributed by atoms with E-state index < -0.39 is 0 Å². The van der Waals surface area contributed by atoms with Crippen molar-refractivity contribution in [2.24, 2.45) is 0 Å². The Hall–Kier alpha value is -0.750. The number of halogens is 1. The van der Waals surface area contributed by atoms with Crippen LogP contribution >= 0.6 is 24.2 Å². The van der Waals surface area contributed by atoms with Gasteiger partial charge in [-0.3, -0.25) is 4.79 Å². The van der Waals surface area contributed by atoms with Gasteiger partial charge >= 0.3 is 0 Å². The van der Waals surface area contributed by atoms with E-state index >= 15 is 0 Å². The van der Waals surface area contributed by atoms with E-state index in [9.17, 15) is 4.79 Å². The van der Waals surface area contributed by atoms with Crippen molar-refractivity contribution in [1.82, 2.24) is 10.6 Å². The van der Waals surface area contributed by atoms with Gasteiger partial charge in [-0.25, -0.2) is 0 Å². The lowest BCUT2D eigenvalue weighted by Gasteiger charge is -2.22. The van der Waals surface area contributed by atoms with Crippen LogP contribution in [-0.4, -0.2) is 36.6 Å². The Labute approximate surface area is 143 Å². The lowest BCUT2D eigenvalue weighted by atomic mass is 10.1. The predicted molar refractivity (Wildman–Crippen MR) is 94.6 cm³/mol. The minimum absolute atomic E-state index is 0. The van der Waals surface area contributed by atoms with Crippen molar-refractivity contribution in [3.05, 3.63) is 35.4 Å². The van der Waals surface area contributed by atoms with Crippen LogP contribution in [0.4, 0.5) is 0 Å². The number of ether oxygens (including phenoxy) is 1. The summed E-state index contributed by atoms with van der Waals surface area (Å²) in [6.45, 7) is 4.86. The van der Waals surface area contributed by atoms with Gasteiger partial charge in [0.25, 0.3) is 0 Å². The average molecular weight is 345 g/mol. The number of rotatable bonds is 7. The second-order valence-electron chi connectivity index (χ2n) is 5.11. The van der Waals surface area contributed by atoms with Crippen LogP contribution in [0.25, 0.3) is 0 Å². The van der Waals surface area contributed by atoms with E-state index in [1.165, 1.54) is 0 Å². The maximum atomic E-state index is 12.0. The Bertz CT molecular complexity index is 454. The highest BCUT2D eigenvalue weighted by molar-refractivity contribution is 7.99. The van der Waals surface area contributed by atoms with Gasteiger partial charge in [-0.05, 0) is 18.1 Å². The highest BCUT2D eigenvalue weighted by atomic mass is 35.5. The molecule has 0 aromatic heterocycles. The van der Waals surface area contributed by atoms with Crippen LogP contribution in [0.5, 0.6) is 0 Å². The van der Waals surface area contributed by atoms with Crippen molar-refractivity contribution in [1.29, 1.82) is 0 Å². The quantitative estimate of drug-likeness (QED) is 0.797. The van der Waals surface area contributed by atoms with Gasteiger partial charge in [0, 0.05) is 43.7 Å². The van der Waals surface area contributed by atoms with E-state index in [2.05, 4.69) is 16.7 Å². The zero-order valence-electron chi connectivity index (χ0n) is 13.0. The van der Waals surface area contributed by atoms with Gasteiger partial charge in [-0.2, -0.15) is 11.8 Å². The van der Waals surface area contributed by atoms with E-state index in [1.807, 2.05) is 36.9 Å². The number of nitrogens with one attached hydrogen (secondary N) is 2. The first-order valence-electron chi connectivity index (χ1n) is 7.52. The molecule has 0 radical (unpaired) electrons. The molecular formula is C16H25ClN2O2S. The highest BCUT2D eigenvalue weighted by Gasteiger charge is 2.16. The minimum Gasteiger partial charge on any atom is -0.377 e. The summed E-state index contributed by atoms with van der Waals surface area (Å²) in [6.07, 6.45) is 0.556. The fraction of sp³-hybridized carbons (Fsp3) is 0.562. The number of thioether (sulfide) groups is 1. The fourth-order valence-corrected chi connectivity index (χ4v) is 3.27. The first kappa shape index (κ1) is 19.3. The third kappa shape index (κ3) is 6.57. The van der Waals surface area contributed by atoms with Gasteiger partial charge in [0.15, 0.2) is 0 Å². The second-order valence-corrected chi connectivity index (χ2v) is 6.26. The summed E-state index contributed by atoms with van der Waals surface area (Å²) in [5, 5.41) is 6.41. The van der Waals surface area contributed by atoms with Crippen LogP contribution in [0.1, 0.15) is 24.5 Å². The number of hydrogen-bond donors (Lipinski definition) is 2. The normalized spacial score (nSPS) is 17.6. The van der Waals surface area contributed by atoms with E-state index in [-0.39, 0.29) is 18.3 Å². The average Bonchev–Trinajstić information content (AvgIpc) is 2.52. The molecule has 0 aliphatic carbocycles. The van der Waals surface area contributed by atoms with E-state index in [1.54, 1.807) is 0 Å². The number of carbonyl (C=O) groups is 1. The largest absolute Gasteiger partial charge is 0.377 e. The Kier molecular flexibility index (Phi) is 9.55. The van der Waals surface area contributed by atoms with Crippen molar-refractivity contribution in [2.75, 3.05) is 24.7 Å². The maximum absolute atomic E-state index is 12.0. The molecule has 124 valence electrons. The molecule has 1 fully saturated rings. The number of benzene rings is 1. The molecule has 1 heterocycles. The summed E-state index contributed by atoms with van der Waals surface area (Å²) in [5.41, 5.74) is 2.27. The highest BCUT2D eigenvalue weighted by Crippen LogP contribution is 2.12. The zero-order chi connectivity index (χ0) is 14.9. The number of hydrogen-bond acceptors (Lipinski definition) is 4.